The van der Waals surface area contributed by atoms with E-state index < -0.39 is 0 Å². The van der Waals surface area contributed by atoms with Crippen LogP contribution in [0.4, 0.5) is 0 Å². The second-order valence-electron chi connectivity index (χ2n) is 4.83. The van der Waals surface area contributed by atoms with Crippen LogP contribution in [0.2, 0.25) is 0 Å². The van der Waals surface area contributed by atoms with Gasteiger partial charge in [-0.15, -0.1) is 0 Å². The molecule has 18 heavy (non-hydrogen) atoms. The highest BCUT2D eigenvalue weighted by Crippen LogP contribution is 2.18. The van der Waals surface area contributed by atoms with Gasteiger partial charge < -0.3 is 10.2 Å². The zero-order valence-electron chi connectivity index (χ0n) is 11.1. The van der Waals surface area contributed by atoms with Crippen molar-refractivity contribution in [1.29, 1.82) is 0 Å². The summed E-state index contributed by atoms with van der Waals surface area (Å²) in [6, 6.07) is 4.01. The Morgan fingerprint density at radius 1 is 1.61 bits per heavy atom. The van der Waals surface area contributed by atoms with Crippen LogP contribution in [0.5, 0.6) is 0 Å². The topological polar surface area (TPSA) is 45.2 Å². The first-order valence-corrected chi connectivity index (χ1v) is 6.64. The Morgan fingerprint density at radius 2 is 2.44 bits per heavy atom. The SMILES string of the molecule is CCNCC(C)C(=O)N1CCc2ncccc2C1. The van der Waals surface area contributed by atoms with Gasteiger partial charge in [0.25, 0.3) is 0 Å². The van der Waals surface area contributed by atoms with E-state index >= 15 is 0 Å². The van der Waals surface area contributed by atoms with Crippen LogP contribution in [0.25, 0.3) is 0 Å². The maximum absolute atomic E-state index is 12.3. The summed E-state index contributed by atoms with van der Waals surface area (Å²) in [6.45, 7) is 7.21. The molecule has 1 unspecified atom stereocenters. The van der Waals surface area contributed by atoms with Crippen molar-refractivity contribution >= 4 is 5.91 Å². The number of fused-ring (bicyclic) bond motifs is 1. The minimum atomic E-state index is 0.0446. The molecule has 0 aromatic carbocycles. The third kappa shape index (κ3) is 2.88. The fourth-order valence-electron chi connectivity index (χ4n) is 2.31. The molecular weight excluding hydrogens is 226 g/mol. The third-order valence-electron chi connectivity index (χ3n) is 3.40. The van der Waals surface area contributed by atoms with E-state index in [0.29, 0.717) is 6.54 Å². The fourth-order valence-corrected chi connectivity index (χ4v) is 2.31. The van der Waals surface area contributed by atoms with E-state index in [1.807, 2.05) is 24.1 Å². The lowest BCUT2D eigenvalue weighted by molar-refractivity contribution is -0.135. The van der Waals surface area contributed by atoms with Gasteiger partial charge in [-0.2, -0.15) is 0 Å². The average Bonchev–Trinajstić information content (AvgIpc) is 2.43. The number of aromatic nitrogens is 1. The van der Waals surface area contributed by atoms with E-state index in [2.05, 4.69) is 23.3 Å². The van der Waals surface area contributed by atoms with Crippen molar-refractivity contribution in [3.8, 4) is 0 Å². The standard InChI is InChI=1S/C14H21N3O/c1-3-15-9-11(2)14(18)17-8-6-13-12(10-17)5-4-7-16-13/h4-5,7,11,15H,3,6,8-10H2,1-2H3. The van der Waals surface area contributed by atoms with Crippen molar-refractivity contribution in [3.05, 3.63) is 29.6 Å². The molecule has 1 aliphatic rings. The van der Waals surface area contributed by atoms with Crippen LogP contribution in [0.3, 0.4) is 0 Å². The molecule has 0 fully saturated rings. The Hall–Kier alpha value is -1.42. The number of hydrogen-bond donors (Lipinski definition) is 1. The smallest absolute Gasteiger partial charge is 0.226 e. The molecule has 98 valence electrons. The highest BCUT2D eigenvalue weighted by Gasteiger charge is 2.24. The van der Waals surface area contributed by atoms with Crippen LogP contribution in [0.1, 0.15) is 25.1 Å². The van der Waals surface area contributed by atoms with Crippen molar-refractivity contribution in [2.75, 3.05) is 19.6 Å². The minimum absolute atomic E-state index is 0.0446. The first-order chi connectivity index (χ1) is 8.72. The minimum Gasteiger partial charge on any atom is -0.338 e. The molecule has 1 atom stereocenters. The molecule has 1 amide bonds. The van der Waals surface area contributed by atoms with Gasteiger partial charge in [-0.3, -0.25) is 9.78 Å². The summed E-state index contributed by atoms with van der Waals surface area (Å²) < 4.78 is 0. The molecule has 4 nitrogen and oxygen atoms in total. The first kappa shape index (κ1) is 13.0. The molecule has 0 radical (unpaired) electrons. The predicted molar refractivity (Wildman–Crippen MR) is 71.1 cm³/mol. The second kappa shape index (κ2) is 5.96. The lowest BCUT2D eigenvalue weighted by atomic mass is 10.0. The van der Waals surface area contributed by atoms with E-state index in [-0.39, 0.29) is 11.8 Å². The Kier molecular flexibility index (Phi) is 4.31. The van der Waals surface area contributed by atoms with E-state index in [4.69, 9.17) is 0 Å². The number of amides is 1. The maximum Gasteiger partial charge on any atom is 0.226 e. The summed E-state index contributed by atoms with van der Waals surface area (Å²) in [5.41, 5.74) is 2.33. The Labute approximate surface area is 108 Å². The van der Waals surface area contributed by atoms with Gasteiger partial charge in [0, 0.05) is 43.9 Å². The number of nitrogens with zero attached hydrogens (tertiary/aromatic N) is 2. The molecule has 0 aliphatic carbocycles. The first-order valence-electron chi connectivity index (χ1n) is 6.64. The summed E-state index contributed by atoms with van der Waals surface area (Å²) in [4.78, 5) is 18.6. The summed E-state index contributed by atoms with van der Waals surface area (Å²) in [7, 11) is 0. The third-order valence-corrected chi connectivity index (χ3v) is 3.40. The molecule has 1 aliphatic heterocycles. The monoisotopic (exact) mass is 247 g/mol. The maximum atomic E-state index is 12.3. The van der Waals surface area contributed by atoms with Gasteiger partial charge in [0.1, 0.15) is 0 Å². The summed E-state index contributed by atoms with van der Waals surface area (Å²) in [6.07, 6.45) is 2.69. The van der Waals surface area contributed by atoms with E-state index in [9.17, 15) is 4.79 Å². The van der Waals surface area contributed by atoms with Crippen molar-refractivity contribution in [1.82, 2.24) is 15.2 Å². The van der Waals surface area contributed by atoms with Crippen LogP contribution < -0.4 is 5.32 Å². The van der Waals surface area contributed by atoms with Crippen molar-refractivity contribution in [2.45, 2.75) is 26.8 Å². The molecule has 0 spiro atoms. The van der Waals surface area contributed by atoms with Crippen LogP contribution in [-0.2, 0) is 17.8 Å². The van der Waals surface area contributed by atoms with Gasteiger partial charge in [0.15, 0.2) is 0 Å². The van der Waals surface area contributed by atoms with E-state index in [1.54, 1.807) is 0 Å². The molecule has 0 bridgehead atoms. The molecule has 0 saturated carbocycles. The van der Waals surface area contributed by atoms with Crippen LogP contribution >= 0.6 is 0 Å². The Morgan fingerprint density at radius 3 is 3.22 bits per heavy atom. The number of rotatable bonds is 4. The summed E-state index contributed by atoms with van der Waals surface area (Å²) in [5.74, 6) is 0.286. The molecule has 1 aromatic rings. The normalized spacial score (nSPS) is 16.2. The van der Waals surface area contributed by atoms with Crippen molar-refractivity contribution in [3.63, 3.8) is 0 Å². The Balaban J connectivity index is 1.98. The quantitative estimate of drug-likeness (QED) is 0.870. The molecular formula is C14H21N3O. The van der Waals surface area contributed by atoms with Gasteiger partial charge >= 0.3 is 0 Å². The lowest BCUT2D eigenvalue weighted by Crippen LogP contribution is -2.42. The predicted octanol–water partition coefficient (Wildman–Crippen LogP) is 1.21. The van der Waals surface area contributed by atoms with Gasteiger partial charge in [0.2, 0.25) is 5.91 Å². The number of carbonyl (C=O) groups excluding carboxylic acids is 1. The van der Waals surface area contributed by atoms with Crippen LogP contribution in [0, 0.1) is 5.92 Å². The van der Waals surface area contributed by atoms with Gasteiger partial charge in [-0.25, -0.2) is 0 Å². The summed E-state index contributed by atoms with van der Waals surface area (Å²) >= 11 is 0. The molecule has 2 rings (SSSR count). The van der Waals surface area contributed by atoms with Crippen LogP contribution in [-0.4, -0.2) is 35.4 Å². The molecule has 4 heteroatoms. The fraction of sp³-hybridized carbons (Fsp3) is 0.571. The number of pyridine rings is 1. The van der Waals surface area contributed by atoms with E-state index in [1.165, 1.54) is 5.56 Å². The van der Waals surface area contributed by atoms with Gasteiger partial charge in [0.05, 0.1) is 0 Å². The van der Waals surface area contributed by atoms with Crippen molar-refractivity contribution < 1.29 is 4.79 Å². The van der Waals surface area contributed by atoms with Crippen molar-refractivity contribution in [2.24, 2.45) is 5.92 Å². The summed E-state index contributed by atoms with van der Waals surface area (Å²) in [5, 5.41) is 3.23. The highest BCUT2D eigenvalue weighted by molar-refractivity contribution is 5.79. The van der Waals surface area contributed by atoms with Gasteiger partial charge in [-0.1, -0.05) is 19.9 Å². The number of carbonyl (C=O) groups is 1. The lowest BCUT2D eigenvalue weighted by Gasteiger charge is -2.30. The van der Waals surface area contributed by atoms with Gasteiger partial charge in [-0.05, 0) is 18.2 Å². The zero-order chi connectivity index (χ0) is 13.0. The van der Waals surface area contributed by atoms with E-state index in [0.717, 1.165) is 31.7 Å². The molecule has 0 saturated heterocycles. The average molecular weight is 247 g/mol. The Bertz CT molecular complexity index is 419. The molecule has 1 N–H and O–H groups in total. The molecule has 1 aromatic heterocycles. The molecule has 2 heterocycles. The highest BCUT2D eigenvalue weighted by atomic mass is 16.2. The number of hydrogen-bond acceptors (Lipinski definition) is 3. The second-order valence-corrected chi connectivity index (χ2v) is 4.83. The number of nitrogens with one attached hydrogen (secondary N) is 1. The van der Waals surface area contributed by atoms with Crippen LogP contribution in [0.15, 0.2) is 18.3 Å². The largest absolute Gasteiger partial charge is 0.338 e. The zero-order valence-corrected chi connectivity index (χ0v) is 11.1.